The van der Waals surface area contributed by atoms with Gasteiger partial charge in [-0.3, -0.25) is 4.90 Å². The van der Waals surface area contributed by atoms with Crippen LogP contribution in [0.4, 0.5) is 0 Å². The maximum Gasteiger partial charge on any atom is 0.0928 e. The molecule has 0 bridgehead atoms. The lowest BCUT2D eigenvalue weighted by Crippen LogP contribution is -2.42. The van der Waals surface area contributed by atoms with Crippen LogP contribution in [0.15, 0.2) is 0 Å². The van der Waals surface area contributed by atoms with Crippen molar-refractivity contribution in [2.75, 3.05) is 66.8 Å². The largest absolute Gasteiger partial charge is 0.382 e. The van der Waals surface area contributed by atoms with Crippen LogP contribution in [0.2, 0.25) is 0 Å². The number of hydrogen-bond donors (Lipinski definition) is 1. The second-order valence-corrected chi connectivity index (χ2v) is 3.97. The Bertz CT molecular complexity index is 157. The van der Waals surface area contributed by atoms with Gasteiger partial charge < -0.3 is 19.5 Å². The zero-order valence-corrected chi connectivity index (χ0v) is 10.4. The first kappa shape index (κ1) is 13.9. The van der Waals surface area contributed by atoms with Gasteiger partial charge in [0.1, 0.15) is 0 Å². The number of hydrogen-bond acceptors (Lipinski definition) is 5. The topological polar surface area (TPSA) is 43.0 Å². The normalized spacial score (nSPS) is 19.9. The van der Waals surface area contributed by atoms with E-state index in [4.69, 9.17) is 14.2 Å². The van der Waals surface area contributed by atoms with Gasteiger partial charge in [-0.15, -0.1) is 0 Å². The molecule has 0 aromatic carbocycles. The van der Waals surface area contributed by atoms with Crippen molar-refractivity contribution in [3.63, 3.8) is 0 Å². The second kappa shape index (κ2) is 8.90. The van der Waals surface area contributed by atoms with Gasteiger partial charge in [-0.05, 0) is 0 Å². The highest BCUT2D eigenvalue weighted by atomic mass is 16.5. The smallest absolute Gasteiger partial charge is 0.0928 e. The summed E-state index contributed by atoms with van der Waals surface area (Å²) in [6.07, 6.45) is 0.148. The highest BCUT2D eigenvalue weighted by Gasteiger charge is 2.10. The lowest BCUT2D eigenvalue weighted by molar-refractivity contribution is 0.0254. The van der Waals surface area contributed by atoms with Crippen molar-refractivity contribution in [2.24, 2.45) is 0 Å². The quantitative estimate of drug-likeness (QED) is 0.575. The molecule has 0 radical (unpaired) electrons. The van der Waals surface area contributed by atoms with E-state index in [1.165, 1.54) is 0 Å². The molecule has 1 fully saturated rings. The van der Waals surface area contributed by atoms with E-state index in [1.54, 1.807) is 14.2 Å². The van der Waals surface area contributed by atoms with Crippen molar-refractivity contribution >= 4 is 0 Å². The van der Waals surface area contributed by atoms with Crippen molar-refractivity contribution in [1.29, 1.82) is 0 Å². The van der Waals surface area contributed by atoms with Gasteiger partial charge in [0.15, 0.2) is 0 Å². The van der Waals surface area contributed by atoms with Crippen LogP contribution in [0.1, 0.15) is 0 Å². The van der Waals surface area contributed by atoms with Gasteiger partial charge >= 0.3 is 0 Å². The minimum Gasteiger partial charge on any atom is -0.382 e. The predicted octanol–water partition coefficient (Wildman–Crippen LogP) is -0.430. The van der Waals surface area contributed by atoms with Crippen molar-refractivity contribution in [3.8, 4) is 0 Å². The number of nitrogens with zero attached hydrogens (tertiary/aromatic N) is 1. The lowest BCUT2D eigenvalue weighted by Gasteiger charge is -2.26. The maximum absolute atomic E-state index is 5.29. The number of morpholine rings is 1. The van der Waals surface area contributed by atoms with Gasteiger partial charge in [-0.2, -0.15) is 0 Å². The van der Waals surface area contributed by atoms with E-state index in [0.717, 1.165) is 45.9 Å². The molecule has 1 N–H and O–H groups in total. The van der Waals surface area contributed by atoms with Gasteiger partial charge in [0.05, 0.1) is 25.9 Å². The number of ether oxygens (including phenoxy) is 3. The predicted molar refractivity (Wildman–Crippen MR) is 62.8 cm³/mol. The molecule has 0 aromatic rings. The summed E-state index contributed by atoms with van der Waals surface area (Å²) in [7, 11) is 3.41. The van der Waals surface area contributed by atoms with E-state index in [1.807, 2.05) is 0 Å². The zero-order chi connectivity index (χ0) is 11.6. The Hall–Kier alpha value is -0.200. The van der Waals surface area contributed by atoms with Crippen molar-refractivity contribution < 1.29 is 14.2 Å². The molecule has 0 aliphatic carbocycles. The van der Waals surface area contributed by atoms with Crippen LogP contribution in [0.25, 0.3) is 0 Å². The molecule has 0 amide bonds. The fraction of sp³-hybridized carbons (Fsp3) is 1.00. The molecule has 16 heavy (non-hydrogen) atoms. The fourth-order valence-electron chi connectivity index (χ4n) is 1.72. The first-order chi connectivity index (χ1) is 7.86. The van der Waals surface area contributed by atoms with Crippen LogP contribution in [0, 0.1) is 0 Å². The van der Waals surface area contributed by atoms with Gasteiger partial charge in [-0.1, -0.05) is 0 Å². The van der Waals surface area contributed by atoms with Gasteiger partial charge in [0.2, 0.25) is 0 Å². The zero-order valence-electron chi connectivity index (χ0n) is 10.4. The van der Waals surface area contributed by atoms with Crippen LogP contribution in [-0.4, -0.2) is 77.8 Å². The number of rotatable bonds is 8. The SMILES string of the molecule is COCC(CNCCN1CCOCC1)OC. The standard InChI is InChI=1S/C11H24N2O3/c1-14-10-11(15-2)9-12-3-4-13-5-7-16-8-6-13/h11-12H,3-10H2,1-2H3. The molecule has 1 saturated heterocycles. The van der Waals surface area contributed by atoms with Crippen molar-refractivity contribution in [2.45, 2.75) is 6.10 Å². The summed E-state index contributed by atoms with van der Waals surface area (Å²) in [4.78, 5) is 2.41. The fourth-order valence-corrected chi connectivity index (χ4v) is 1.72. The van der Waals surface area contributed by atoms with Gasteiger partial charge in [0.25, 0.3) is 0 Å². The molecule has 0 saturated carbocycles. The number of nitrogens with one attached hydrogen (secondary N) is 1. The molecule has 0 aromatic heterocycles. The first-order valence-electron chi connectivity index (χ1n) is 5.89. The summed E-state index contributed by atoms with van der Waals surface area (Å²) < 4.78 is 15.6. The Morgan fingerprint density at radius 3 is 2.69 bits per heavy atom. The molecule has 96 valence electrons. The van der Waals surface area contributed by atoms with Crippen LogP contribution in [0.3, 0.4) is 0 Å². The molecule has 1 unspecified atom stereocenters. The third kappa shape index (κ3) is 5.77. The summed E-state index contributed by atoms with van der Waals surface area (Å²) >= 11 is 0. The van der Waals surface area contributed by atoms with Crippen molar-refractivity contribution in [3.05, 3.63) is 0 Å². The Kier molecular flexibility index (Phi) is 7.71. The third-order valence-corrected chi connectivity index (χ3v) is 2.77. The summed E-state index contributed by atoms with van der Waals surface area (Å²) in [5.74, 6) is 0. The molecule has 5 heteroatoms. The Morgan fingerprint density at radius 2 is 2.06 bits per heavy atom. The van der Waals surface area contributed by atoms with Gasteiger partial charge in [-0.25, -0.2) is 0 Å². The Morgan fingerprint density at radius 1 is 1.31 bits per heavy atom. The number of methoxy groups -OCH3 is 2. The summed E-state index contributed by atoms with van der Waals surface area (Å²) in [6.45, 7) is 7.38. The van der Waals surface area contributed by atoms with Crippen LogP contribution in [0.5, 0.6) is 0 Å². The monoisotopic (exact) mass is 232 g/mol. The van der Waals surface area contributed by atoms with E-state index >= 15 is 0 Å². The minimum atomic E-state index is 0.148. The van der Waals surface area contributed by atoms with E-state index in [-0.39, 0.29) is 6.10 Å². The molecule has 5 nitrogen and oxygen atoms in total. The molecular formula is C11H24N2O3. The molecule has 0 spiro atoms. The average molecular weight is 232 g/mol. The third-order valence-electron chi connectivity index (χ3n) is 2.77. The summed E-state index contributed by atoms with van der Waals surface area (Å²) in [5.41, 5.74) is 0. The highest BCUT2D eigenvalue weighted by Crippen LogP contribution is 1.95. The lowest BCUT2D eigenvalue weighted by atomic mass is 10.3. The maximum atomic E-state index is 5.29. The Labute approximate surface area is 98.0 Å². The van der Waals surface area contributed by atoms with E-state index in [2.05, 4.69) is 10.2 Å². The molecule has 1 aliphatic rings. The molecular weight excluding hydrogens is 208 g/mol. The van der Waals surface area contributed by atoms with E-state index in [9.17, 15) is 0 Å². The Balaban J connectivity index is 1.97. The van der Waals surface area contributed by atoms with Crippen molar-refractivity contribution in [1.82, 2.24) is 10.2 Å². The second-order valence-electron chi connectivity index (χ2n) is 3.97. The van der Waals surface area contributed by atoms with Crippen LogP contribution < -0.4 is 5.32 Å². The summed E-state index contributed by atoms with van der Waals surface area (Å²) in [5, 5.41) is 3.38. The van der Waals surface area contributed by atoms with Gasteiger partial charge in [0, 0.05) is 46.9 Å². The summed E-state index contributed by atoms with van der Waals surface area (Å²) in [6, 6.07) is 0. The van der Waals surface area contributed by atoms with E-state index in [0.29, 0.717) is 6.61 Å². The molecule has 1 aliphatic heterocycles. The first-order valence-corrected chi connectivity index (χ1v) is 5.89. The average Bonchev–Trinajstić information content (AvgIpc) is 2.34. The molecule has 1 heterocycles. The van der Waals surface area contributed by atoms with Crippen LogP contribution >= 0.6 is 0 Å². The highest BCUT2D eigenvalue weighted by molar-refractivity contribution is 4.65. The molecule has 1 atom stereocenters. The van der Waals surface area contributed by atoms with Crippen LogP contribution in [-0.2, 0) is 14.2 Å². The molecule has 1 rings (SSSR count). The van der Waals surface area contributed by atoms with E-state index < -0.39 is 0 Å². The minimum absolute atomic E-state index is 0.148.